The Morgan fingerprint density at radius 2 is 1.70 bits per heavy atom. The molecule has 5 nitrogen and oxygen atoms in total. The number of para-hydroxylation sites is 2. The summed E-state index contributed by atoms with van der Waals surface area (Å²) < 4.78 is 7.55. The third-order valence-corrected chi connectivity index (χ3v) is 6.62. The van der Waals surface area contributed by atoms with Gasteiger partial charge in [0.15, 0.2) is 0 Å². The summed E-state index contributed by atoms with van der Waals surface area (Å²) in [6.45, 7) is 6.88. The number of aromatic nitrogens is 2. The van der Waals surface area contributed by atoms with Crippen molar-refractivity contribution in [1.29, 1.82) is 0 Å². The molecule has 0 N–H and O–H groups in total. The van der Waals surface area contributed by atoms with Crippen LogP contribution in [-0.2, 0) is 0 Å². The van der Waals surface area contributed by atoms with Crippen molar-refractivity contribution < 1.29 is 9.53 Å². The minimum absolute atomic E-state index is 0.0768. The van der Waals surface area contributed by atoms with Crippen molar-refractivity contribution >= 4 is 16.9 Å². The fourth-order valence-corrected chi connectivity index (χ4v) is 5.21. The number of nitrogens with zero attached hydrogens (tertiary/aromatic N) is 3. The fraction of sp³-hybridized carbons (Fsp3) is 0.286. The van der Waals surface area contributed by atoms with Crippen molar-refractivity contribution in [3.63, 3.8) is 0 Å². The standard InChI is InChI=1S/C28H29N3O2/c1-18-16-19(2)26(20(3)17-18)28(32)30-15-7-10-25(30)27-29-23-8-5-6-9-24(23)31(27)21-11-13-22(33-4)14-12-21/h5-6,8-9,11-14,16-17,25H,7,10,15H2,1-4H3/t25-/m1/s1. The van der Waals surface area contributed by atoms with E-state index in [2.05, 4.69) is 29.7 Å². The highest BCUT2D eigenvalue weighted by Crippen LogP contribution is 2.37. The Hall–Kier alpha value is -3.60. The molecule has 4 aromatic rings. The first-order valence-corrected chi connectivity index (χ1v) is 11.5. The monoisotopic (exact) mass is 439 g/mol. The number of ether oxygens (including phenoxy) is 1. The van der Waals surface area contributed by atoms with Gasteiger partial charge in [0.2, 0.25) is 0 Å². The molecule has 5 heteroatoms. The molecule has 5 rings (SSSR count). The average molecular weight is 440 g/mol. The van der Waals surface area contributed by atoms with E-state index in [-0.39, 0.29) is 11.9 Å². The molecule has 1 aliphatic heterocycles. The maximum absolute atomic E-state index is 13.8. The number of rotatable bonds is 4. The van der Waals surface area contributed by atoms with E-state index >= 15 is 0 Å². The molecule has 1 amide bonds. The van der Waals surface area contributed by atoms with E-state index in [9.17, 15) is 4.79 Å². The molecule has 1 atom stereocenters. The second-order valence-electron chi connectivity index (χ2n) is 8.92. The van der Waals surface area contributed by atoms with Gasteiger partial charge in [-0.2, -0.15) is 0 Å². The lowest BCUT2D eigenvalue weighted by Crippen LogP contribution is -2.33. The van der Waals surface area contributed by atoms with E-state index in [1.165, 1.54) is 5.56 Å². The molecule has 0 radical (unpaired) electrons. The van der Waals surface area contributed by atoms with Gasteiger partial charge in [-0.25, -0.2) is 4.98 Å². The van der Waals surface area contributed by atoms with Gasteiger partial charge in [-0.3, -0.25) is 9.36 Å². The molecule has 0 aliphatic carbocycles. The third kappa shape index (κ3) is 3.67. The molecule has 2 heterocycles. The highest BCUT2D eigenvalue weighted by Gasteiger charge is 2.35. The molecular formula is C28H29N3O2. The molecular weight excluding hydrogens is 410 g/mol. The molecule has 1 aromatic heterocycles. The smallest absolute Gasteiger partial charge is 0.255 e. The number of carbonyl (C=O) groups is 1. The Morgan fingerprint density at radius 1 is 1.00 bits per heavy atom. The first-order valence-electron chi connectivity index (χ1n) is 11.5. The summed E-state index contributed by atoms with van der Waals surface area (Å²) in [6, 6.07) is 20.3. The Balaban J connectivity index is 1.62. The van der Waals surface area contributed by atoms with Crippen LogP contribution in [0.1, 0.15) is 51.8 Å². The molecule has 0 spiro atoms. The van der Waals surface area contributed by atoms with Gasteiger partial charge < -0.3 is 9.64 Å². The predicted molar refractivity (Wildman–Crippen MR) is 131 cm³/mol. The topological polar surface area (TPSA) is 47.4 Å². The number of fused-ring (bicyclic) bond motifs is 1. The molecule has 0 saturated carbocycles. The zero-order valence-corrected chi connectivity index (χ0v) is 19.6. The second-order valence-corrected chi connectivity index (χ2v) is 8.92. The number of carbonyl (C=O) groups excluding carboxylic acids is 1. The van der Waals surface area contributed by atoms with Gasteiger partial charge in [0, 0.05) is 17.8 Å². The van der Waals surface area contributed by atoms with E-state index in [0.717, 1.165) is 64.4 Å². The van der Waals surface area contributed by atoms with Crippen molar-refractivity contribution in [1.82, 2.24) is 14.5 Å². The second kappa shape index (κ2) is 8.39. The predicted octanol–water partition coefficient (Wildman–Crippen LogP) is 5.94. The zero-order chi connectivity index (χ0) is 23.1. The first kappa shape index (κ1) is 21.3. The lowest BCUT2D eigenvalue weighted by atomic mass is 9.98. The van der Waals surface area contributed by atoms with Gasteiger partial charge in [0.1, 0.15) is 11.6 Å². The van der Waals surface area contributed by atoms with Crippen LogP contribution in [0.4, 0.5) is 0 Å². The number of imidazole rings is 1. The van der Waals surface area contributed by atoms with Gasteiger partial charge in [-0.05, 0) is 81.1 Å². The number of likely N-dealkylation sites (tertiary alicyclic amines) is 1. The first-order chi connectivity index (χ1) is 16.0. The van der Waals surface area contributed by atoms with Crippen LogP contribution >= 0.6 is 0 Å². The van der Waals surface area contributed by atoms with Crippen LogP contribution < -0.4 is 4.74 Å². The Kier molecular flexibility index (Phi) is 5.41. The van der Waals surface area contributed by atoms with E-state index < -0.39 is 0 Å². The van der Waals surface area contributed by atoms with Crippen LogP contribution in [0.3, 0.4) is 0 Å². The van der Waals surface area contributed by atoms with Crippen LogP contribution in [0.15, 0.2) is 60.7 Å². The van der Waals surface area contributed by atoms with Gasteiger partial charge in [-0.15, -0.1) is 0 Å². The van der Waals surface area contributed by atoms with E-state index in [4.69, 9.17) is 9.72 Å². The Bertz CT molecular complexity index is 1310. The minimum Gasteiger partial charge on any atom is -0.497 e. The molecule has 1 aliphatic rings. The quantitative estimate of drug-likeness (QED) is 0.396. The average Bonchev–Trinajstić information content (AvgIpc) is 3.43. The number of amides is 1. The summed E-state index contributed by atoms with van der Waals surface area (Å²) in [5, 5.41) is 0. The molecule has 1 fully saturated rings. The summed E-state index contributed by atoms with van der Waals surface area (Å²) in [6.07, 6.45) is 1.86. The van der Waals surface area contributed by atoms with Crippen molar-refractivity contribution in [2.24, 2.45) is 0 Å². The summed E-state index contributed by atoms with van der Waals surface area (Å²) in [5.74, 6) is 1.82. The number of aryl methyl sites for hydroxylation is 3. The van der Waals surface area contributed by atoms with E-state index in [1.807, 2.05) is 61.2 Å². The van der Waals surface area contributed by atoms with Crippen molar-refractivity contribution in [3.8, 4) is 11.4 Å². The Morgan fingerprint density at radius 3 is 2.39 bits per heavy atom. The normalized spacial score (nSPS) is 15.9. The maximum atomic E-state index is 13.8. The summed E-state index contributed by atoms with van der Waals surface area (Å²) in [4.78, 5) is 20.9. The molecule has 0 unspecified atom stereocenters. The van der Waals surface area contributed by atoms with Crippen LogP contribution in [0, 0.1) is 20.8 Å². The largest absolute Gasteiger partial charge is 0.497 e. The summed E-state index contributed by atoms with van der Waals surface area (Å²) in [5.41, 5.74) is 7.06. The lowest BCUT2D eigenvalue weighted by molar-refractivity contribution is 0.0727. The minimum atomic E-state index is -0.0768. The van der Waals surface area contributed by atoms with Crippen molar-refractivity contribution in [3.05, 3.63) is 88.7 Å². The SMILES string of the molecule is COc1ccc(-n2c([C@H]3CCCN3C(=O)c3c(C)cc(C)cc3C)nc3ccccc32)cc1. The Labute approximate surface area is 194 Å². The van der Waals surface area contributed by atoms with Gasteiger partial charge in [-0.1, -0.05) is 29.8 Å². The number of methoxy groups -OCH3 is 1. The summed E-state index contributed by atoms with van der Waals surface area (Å²) in [7, 11) is 1.67. The fourth-order valence-electron chi connectivity index (χ4n) is 5.21. The lowest BCUT2D eigenvalue weighted by Gasteiger charge is -2.27. The maximum Gasteiger partial charge on any atom is 0.255 e. The number of hydrogen-bond donors (Lipinski definition) is 0. The highest BCUT2D eigenvalue weighted by molar-refractivity contribution is 5.97. The van der Waals surface area contributed by atoms with Gasteiger partial charge >= 0.3 is 0 Å². The van der Waals surface area contributed by atoms with Crippen LogP contribution in [0.25, 0.3) is 16.7 Å². The van der Waals surface area contributed by atoms with Crippen molar-refractivity contribution in [2.75, 3.05) is 13.7 Å². The van der Waals surface area contributed by atoms with Gasteiger partial charge in [0.25, 0.3) is 5.91 Å². The molecule has 33 heavy (non-hydrogen) atoms. The van der Waals surface area contributed by atoms with Gasteiger partial charge in [0.05, 0.1) is 24.2 Å². The third-order valence-electron chi connectivity index (χ3n) is 6.62. The molecule has 1 saturated heterocycles. The zero-order valence-electron chi connectivity index (χ0n) is 19.6. The summed E-state index contributed by atoms with van der Waals surface area (Å²) >= 11 is 0. The van der Waals surface area contributed by atoms with Crippen LogP contribution in [-0.4, -0.2) is 34.0 Å². The molecule has 3 aromatic carbocycles. The number of benzene rings is 3. The molecule has 0 bridgehead atoms. The van der Waals surface area contributed by atoms with E-state index in [1.54, 1.807) is 7.11 Å². The molecule has 168 valence electrons. The van der Waals surface area contributed by atoms with Crippen LogP contribution in [0.5, 0.6) is 5.75 Å². The van der Waals surface area contributed by atoms with Crippen LogP contribution in [0.2, 0.25) is 0 Å². The highest BCUT2D eigenvalue weighted by atomic mass is 16.5. The van der Waals surface area contributed by atoms with E-state index in [0.29, 0.717) is 0 Å². The van der Waals surface area contributed by atoms with Crippen molar-refractivity contribution in [2.45, 2.75) is 39.7 Å². The number of hydrogen-bond acceptors (Lipinski definition) is 3.